The van der Waals surface area contributed by atoms with E-state index in [0.717, 1.165) is 11.4 Å². The monoisotopic (exact) mass is 761 g/mol. The number of rotatable bonds is 9. The maximum atomic E-state index is 2.45. The fraction of sp³-hybridized carbons (Fsp3) is 0. The molecule has 0 saturated heterocycles. The van der Waals surface area contributed by atoms with Crippen LogP contribution in [0.3, 0.4) is 0 Å². The summed E-state index contributed by atoms with van der Waals surface area (Å²) in [4.78, 5) is 2.43. The molecule has 0 aliphatic rings. The number of anilines is 3. The van der Waals surface area contributed by atoms with Crippen molar-refractivity contribution in [2.45, 2.75) is 0 Å². The molecule has 0 fully saturated rings. The van der Waals surface area contributed by atoms with E-state index in [0.29, 0.717) is 0 Å². The van der Waals surface area contributed by atoms with Crippen LogP contribution in [-0.4, -0.2) is 8.07 Å². The van der Waals surface area contributed by atoms with Gasteiger partial charge in [-0.3, -0.25) is 0 Å². The lowest BCUT2D eigenvalue weighted by Crippen LogP contribution is -2.74. The number of nitrogens with zero attached hydrogens (tertiary/aromatic N) is 1. The summed E-state index contributed by atoms with van der Waals surface area (Å²) in [7, 11) is -2.66. The number of thiophene rings is 1. The van der Waals surface area contributed by atoms with E-state index < -0.39 is 8.07 Å². The van der Waals surface area contributed by atoms with Crippen LogP contribution in [0.15, 0.2) is 237 Å². The quantitative estimate of drug-likeness (QED) is 0.105. The van der Waals surface area contributed by atoms with Gasteiger partial charge in [-0.05, 0) is 85.5 Å². The molecule has 57 heavy (non-hydrogen) atoms. The average molecular weight is 762 g/mol. The van der Waals surface area contributed by atoms with E-state index in [1.54, 1.807) is 0 Å². The normalized spacial score (nSPS) is 11.5. The highest BCUT2D eigenvalue weighted by Gasteiger charge is 2.41. The first kappa shape index (κ1) is 34.7. The molecule has 0 amide bonds. The zero-order valence-corrected chi connectivity index (χ0v) is 33.2. The molecule has 0 atom stereocenters. The molecular formula is C54H39NSSi. The molecule has 1 nitrogen and oxygen atoms in total. The number of para-hydroxylation sites is 1. The first-order valence-corrected chi connectivity index (χ1v) is 22.3. The van der Waals surface area contributed by atoms with E-state index in [4.69, 9.17) is 0 Å². The van der Waals surface area contributed by atoms with E-state index in [9.17, 15) is 0 Å². The van der Waals surface area contributed by atoms with Gasteiger partial charge in [-0.15, -0.1) is 11.3 Å². The Hall–Kier alpha value is -6.78. The summed E-state index contributed by atoms with van der Waals surface area (Å²) < 4.78 is 2.58. The van der Waals surface area contributed by atoms with Crippen LogP contribution in [-0.2, 0) is 0 Å². The first-order valence-electron chi connectivity index (χ1n) is 19.5. The van der Waals surface area contributed by atoms with Crippen LogP contribution in [0.4, 0.5) is 17.1 Å². The molecule has 0 unspecified atom stereocenters. The summed E-state index contributed by atoms with van der Waals surface area (Å²) in [6.45, 7) is 0. The summed E-state index contributed by atoms with van der Waals surface area (Å²) in [5.41, 5.74) is 8.31. The van der Waals surface area contributed by atoms with Gasteiger partial charge >= 0.3 is 0 Å². The Labute approximate surface area is 339 Å². The van der Waals surface area contributed by atoms with Crippen molar-refractivity contribution >= 4 is 77.4 Å². The standard InChI is InChI=1S/C54H39NSSi/c1-6-19-41(20-7-1)49-31-17-33-51-53(49)54-50(32-18-34-52(54)56-51)55(43-22-8-2-9-23-43)44-37-35-40(36-38-44)42-21-16-30-48(39-42)57(45-24-10-3-11-25-45,46-26-12-4-13-27-46)47-28-14-5-15-29-47/h1-39H. The molecule has 0 bridgehead atoms. The third-order valence-corrected chi connectivity index (χ3v) is 17.1. The van der Waals surface area contributed by atoms with Gasteiger partial charge in [0.25, 0.3) is 0 Å². The van der Waals surface area contributed by atoms with E-state index in [-0.39, 0.29) is 0 Å². The topological polar surface area (TPSA) is 3.24 Å². The van der Waals surface area contributed by atoms with E-state index in [2.05, 4.69) is 241 Å². The number of benzene rings is 9. The van der Waals surface area contributed by atoms with Gasteiger partial charge in [0.05, 0.1) is 5.69 Å². The predicted molar refractivity (Wildman–Crippen MR) is 249 cm³/mol. The molecule has 0 spiro atoms. The Bertz CT molecular complexity index is 2830. The molecule has 10 aromatic rings. The van der Waals surface area contributed by atoms with Gasteiger partial charge in [0, 0.05) is 31.5 Å². The van der Waals surface area contributed by atoms with Crippen molar-refractivity contribution in [3.8, 4) is 22.3 Å². The molecule has 1 heterocycles. The number of fused-ring (bicyclic) bond motifs is 3. The van der Waals surface area contributed by atoms with Gasteiger partial charge < -0.3 is 4.90 Å². The summed E-state index contributed by atoms with van der Waals surface area (Å²) in [5, 5.41) is 8.07. The van der Waals surface area contributed by atoms with Gasteiger partial charge in [0.15, 0.2) is 8.07 Å². The molecule has 0 N–H and O–H groups in total. The molecule has 0 saturated carbocycles. The van der Waals surface area contributed by atoms with Gasteiger partial charge in [0.2, 0.25) is 0 Å². The predicted octanol–water partition coefficient (Wildman–Crippen LogP) is 12.2. The van der Waals surface area contributed by atoms with Gasteiger partial charge in [-0.1, -0.05) is 194 Å². The number of hydrogen-bond acceptors (Lipinski definition) is 2. The second-order valence-corrected chi connectivity index (χ2v) is 19.3. The molecular weight excluding hydrogens is 723 g/mol. The Kier molecular flexibility index (Phi) is 9.15. The third kappa shape index (κ3) is 6.18. The van der Waals surface area contributed by atoms with Crippen molar-refractivity contribution in [1.82, 2.24) is 0 Å². The van der Waals surface area contributed by atoms with Crippen molar-refractivity contribution in [2.24, 2.45) is 0 Å². The Morgan fingerprint density at radius 2 is 0.772 bits per heavy atom. The summed E-state index contributed by atoms with van der Waals surface area (Å²) >= 11 is 1.87. The minimum atomic E-state index is -2.66. The van der Waals surface area contributed by atoms with Crippen LogP contribution in [0.2, 0.25) is 0 Å². The van der Waals surface area contributed by atoms with Crippen LogP contribution < -0.4 is 25.6 Å². The Balaban J connectivity index is 1.12. The lowest BCUT2D eigenvalue weighted by Gasteiger charge is -2.34. The molecule has 0 aliphatic carbocycles. The highest BCUT2D eigenvalue weighted by molar-refractivity contribution is 7.26. The van der Waals surface area contributed by atoms with Crippen molar-refractivity contribution < 1.29 is 0 Å². The molecule has 3 heteroatoms. The molecule has 0 radical (unpaired) electrons. The second kappa shape index (κ2) is 15.0. The van der Waals surface area contributed by atoms with Gasteiger partial charge in [-0.2, -0.15) is 0 Å². The zero-order chi connectivity index (χ0) is 38.0. The van der Waals surface area contributed by atoms with E-state index >= 15 is 0 Å². The van der Waals surface area contributed by atoms with Crippen molar-refractivity contribution in [3.05, 3.63) is 237 Å². The second-order valence-electron chi connectivity index (χ2n) is 14.4. The van der Waals surface area contributed by atoms with Gasteiger partial charge in [0.1, 0.15) is 0 Å². The summed E-state index contributed by atoms with van der Waals surface area (Å²) in [6.07, 6.45) is 0. The molecule has 0 aliphatic heterocycles. The maximum absolute atomic E-state index is 2.66. The largest absolute Gasteiger partial charge is 0.310 e. The minimum Gasteiger partial charge on any atom is -0.310 e. The Morgan fingerprint density at radius 3 is 1.37 bits per heavy atom. The number of hydrogen-bond donors (Lipinski definition) is 0. The molecule has 9 aromatic carbocycles. The SMILES string of the molecule is c1ccc(-c2cccc3sc4cccc(N(c5ccccc5)c5ccc(-c6cccc([Si](c7ccccc7)(c7ccccc7)c7ccccc7)c6)cc5)c4c23)cc1. The van der Waals surface area contributed by atoms with E-state index in [1.807, 2.05) is 11.3 Å². The molecule has 10 rings (SSSR count). The molecule has 1 aromatic heterocycles. The van der Waals surface area contributed by atoms with Gasteiger partial charge in [-0.25, -0.2) is 0 Å². The average Bonchev–Trinajstić information content (AvgIpc) is 3.69. The highest BCUT2D eigenvalue weighted by Crippen LogP contribution is 2.47. The smallest absolute Gasteiger partial charge is 0.179 e. The van der Waals surface area contributed by atoms with Crippen LogP contribution in [0.5, 0.6) is 0 Å². The minimum absolute atomic E-state index is 1.12. The highest BCUT2D eigenvalue weighted by atomic mass is 32.1. The fourth-order valence-electron chi connectivity index (χ4n) is 8.70. The summed E-state index contributed by atoms with van der Waals surface area (Å²) in [5.74, 6) is 0. The zero-order valence-electron chi connectivity index (χ0n) is 31.4. The lowest BCUT2D eigenvalue weighted by molar-refractivity contribution is 1.30. The fourth-order valence-corrected chi connectivity index (χ4v) is 14.6. The Morgan fingerprint density at radius 1 is 0.316 bits per heavy atom. The maximum Gasteiger partial charge on any atom is 0.179 e. The van der Waals surface area contributed by atoms with Crippen LogP contribution in [0.25, 0.3) is 42.4 Å². The van der Waals surface area contributed by atoms with Crippen LogP contribution in [0.1, 0.15) is 0 Å². The first-order chi connectivity index (χ1) is 28.3. The summed E-state index contributed by atoms with van der Waals surface area (Å²) in [6, 6.07) is 86.9. The van der Waals surface area contributed by atoms with Crippen LogP contribution in [0, 0.1) is 0 Å². The van der Waals surface area contributed by atoms with E-state index in [1.165, 1.54) is 68.9 Å². The molecule has 270 valence electrons. The van der Waals surface area contributed by atoms with Crippen molar-refractivity contribution in [1.29, 1.82) is 0 Å². The third-order valence-electron chi connectivity index (χ3n) is 11.2. The van der Waals surface area contributed by atoms with Crippen molar-refractivity contribution in [3.63, 3.8) is 0 Å². The van der Waals surface area contributed by atoms with Crippen LogP contribution >= 0.6 is 11.3 Å². The lowest BCUT2D eigenvalue weighted by atomic mass is 9.98. The van der Waals surface area contributed by atoms with Crippen molar-refractivity contribution in [2.75, 3.05) is 4.90 Å².